The van der Waals surface area contributed by atoms with Crippen molar-refractivity contribution in [3.63, 3.8) is 0 Å². The maximum Gasteiger partial charge on any atom is 0.191 e. The van der Waals surface area contributed by atoms with Crippen LogP contribution in [0.15, 0.2) is 4.99 Å². The number of unbranched alkanes of at least 4 members (excludes halogenated alkanes) is 1. The number of guanidine groups is 1. The van der Waals surface area contributed by atoms with Crippen LogP contribution in [-0.2, 0) is 9.47 Å². The van der Waals surface area contributed by atoms with Crippen LogP contribution in [0, 0.1) is 0 Å². The number of aliphatic imine (C=N–C) groups is 1. The molecule has 0 radical (unpaired) electrons. The maximum atomic E-state index is 5.79. The standard InChI is InChI=1S/C20H41N5O2.HI/c1-3-21-20(23-10-7-16-27-19-8-17-26-18-19)22-9-5-6-11-25-14-12-24(4-2)13-15-25;/h19H,3-18H2,1-2H3,(H2,21,22,23);1H. The second-order valence-corrected chi connectivity index (χ2v) is 7.38. The quantitative estimate of drug-likeness (QED) is 0.180. The Labute approximate surface area is 189 Å². The van der Waals surface area contributed by atoms with Crippen LogP contribution in [-0.4, -0.2) is 101 Å². The van der Waals surface area contributed by atoms with E-state index in [0.717, 1.165) is 58.3 Å². The number of nitrogens with one attached hydrogen (secondary N) is 2. The van der Waals surface area contributed by atoms with Gasteiger partial charge in [0.1, 0.15) is 0 Å². The summed E-state index contributed by atoms with van der Waals surface area (Å²) in [5, 5.41) is 6.79. The summed E-state index contributed by atoms with van der Waals surface area (Å²) in [5.74, 6) is 0.929. The van der Waals surface area contributed by atoms with Crippen molar-refractivity contribution in [1.82, 2.24) is 20.4 Å². The summed E-state index contributed by atoms with van der Waals surface area (Å²) in [4.78, 5) is 9.78. The molecule has 0 aromatic rings. The lowest BCUT2D eigenvalue weighted by molar-refractivity contribution is 0.0424. The highest BCUT2D eigenvalue weighted by atomic mass is 127. The van der Waals surface area contributed by atoms with Crippen molar-refractivity contribution >= 4 is 29.9 Å². The first kappa shape index (κ1) is 25.9. The van der Waals surface area contributed by atoms with Crippen LogP contribution in [0.4, 0.5) is 0 Å². The molecule has 0 spiro atoms. The minimum absolute atomic E-state index is 0. The smallest absolute Gasteiger partial charge is 0.191 e. The average molecular weight is 511 g/mol. The zero-order valence-electron chi connectivity index (χ0n) is 18.0. The molecule has 8 heteroatoms. The lowest BCUT2D eigenvalue weighted by atomic mass is 10.2. The average Bonchev–Trinajstić information content (AvgIpc) is 3.21. The van der Waals surface area contributed by atoms with Crippen molar-refractivity contribution in [2.75, 3.05) is 78.7 Å². The van der Waals surface area contributed by atoms with Gasteiger partial charge in [0.15, 0.2) is 5.96 Å². The summed E-state index contributed by atoms with van der Waals surface area (Å²) < 4.78 is 11.1. The number of hydrogen-bond acceptors (Lipinski definition) is 5. The molecule has 0 saturated carbocycles. The monoisotopic (exact) mass is 511 g/mol. The number of rotatable bonds is 12. The second kappa shape index (κ2) is 16.6. The first-order valence-electron chi connectivity index (χ1n) is 11.0. The third kappa shape index (κ3) is 11.1. The molecule has 28 heavy (non-hydrogen) atoms. The van der Waals surface area contributed by atoms with Gasteiger partial charge in [-0.3, -0.25) is 4.99 Å². The van der Waals surface area contributed by atoms with Gasteiger partial charge in [0.2, 0.25) is 0 Å². The van der Waals surface area contributed by atoms with E-state index in [-0.39, 0.29) is 24.0 Å². The highest BCUT2D eigenvalue weighted by Gasteiger charge is 2.15. The van der Waals surface area contributed by atoms with Crippen LogP contribution in [0.3, 0.4) is 0 Å². The number of halogens is 1. The fourth-order valence-electron chi connectivity index (χ4n) is 3.49. The Morgan fingerprint density at radius 2 is 1.86 bits per heavy atom. The number of ether oxygens (including phenoxy) is 2. The van der Waals surface area contributed by atoms with Gasteiger partial charge in [-0.25, -0.2) is 0 Å². The van der Waals surface area contributed by atoms with Crippen LogP contribution in [0.2, 0.25) is 0 Å². The molecule has 2 aliphatic rings. The van der Waals surface area contributed by atoms with Gasteiger partial charge in [0, 0.05) is 59.0 Å². The summed E-state index contributed by atoms with van der Waals surface area (Å²) >= 11 is 0. The molecule has 0 aromatic heterocycles. The van der Waals surface area contributed by atoms with Crippen molar-refractivity contribution in [3.8, 4) is 0 Å². The van der Waals surface area contributed by atoms with E-state index in [1.165, 1.54) is 52.1 Å². The molecule has 2 aliphatic heterocycles. The molecule has 2 saturated heterocycles. The SMILES string of the molecule is CCNC(=NCCCOC1CCOC1)NCCCCN1CCN(CC)CC1.I. The summed E-state index contributed by atoms with van der Waals surface area (Å²) in [7, 11) is 0. The predicted octanol–water partition coefficient (Wildman–Crippen LogP) is 1.77. The first-order valence-corrected chi connectivity index (χ1v) is 11.0. The summed E-state index contributed by atoms with van der Waals surface area (Å²) in [6.07, 6.45) is 4.71. The van der Waals surface area contributed by atoms with Crippen molar-refractivity contribution in [3.05, 3.63) is 0 Å². The predicted molar refractivity (Wildman–Crippen MR) is 127 cm³/mol. The molecule has 1 unspecified atom stereocenters. The highest BCUT2D eigenvalue weighted by Crippen LogP contribution is 2.08. The van der Waals surface area contributed by atoms with E-state index in [9.17, 15) is 0 Å². The normalized spacial score (nSPS) is 21.5. The third-order valence-corrected chi connectivity index (χ3v) is 5.26. The Balaban J connectivity index is 0.00000392. The molecule has 0 amide bonds. The van der Waals surface area contributed by atoms with Crippen molar-refractivity contribution < 1.29 is 9.47 Å². The highest BCUT2D eigenvalue weighted by molar-refractivity contribution is 14.0. The third-order valence-electron chi connectivity index (χ3n) is 5.26. The van der Waals surface area contributed by atoms with Crippen LogP contribution in [0.5, 0.6) is 0 Å². The fraction of sp³-hybridized carbons (Fsp3) is 0.950. The molecular weight excluding hydrogens is 469 g/mol. The Morgan fingerprint density at radius 3 is 2.54 bits per heavy atom. The van der Waals surface area contributed by atoms with Crippen LogP contribution in [0.25, 0.3) is 0 Å². The van der Waals surface area contributed by atoms with Crippen LogP contribution < -0.4 is 10.6 Å². The molecule has 0 aromatic carbocycles. The van der Waals surface area contributed by atoms with E-state index < -0.39 is 0 Å². The summed E-state index contributed by atoms with van der Waals surface area (Å²) in [6.45, 7) is 16.7. The van der Waals surface area contributed by atoms with Gasteiger partial charge in [-0.1, -0.05) is 6.92 Å². The van der Waals surface area contributed by atoms with E-state index in [4.69, 9.17) is 9.47 Å². The molecule has 2 N–H and O–H groups in total. The molecule has 7 nitrogen and oxygen atoms in total. The van der Waals surface area contributed by atoms with Gasteiger partial charge in [-0.05, 0) is 45.7 Å². The van der Waals surface area contributed by atoms with E-state index >= 15 is 0 Å². The Bertz CT molecular complexity index is 400. The van der Waals surface area contributed by atoms with Gasteiger partial charge in [0.05, 0.1) is 12.7 Å². The Hall–Kier alpha value is -0.160. The van der Waals surface area contributed by atoms with Gasteiger partial charge in [0.25, 0.3) is 0 Å². The van der Waals surface area contributed by atoms with Gasteiger partial charge >= 0.3 is 0 Å². The molecule has 2 heterocycles. The second-order valence-electron chi connectivity index (χ2n) is 7.38. The van der Waals surface area contributed by atoms with Gasteiger partial charge < -0.3 is 29.9 Å². The molecule has 0 bridgehead atoms. The van der Waals surface area contributed by atoms with Crippen molar-refractivity contribution in [2.24, 2.45) is 4.99 Å². The van der Waals surface area contributed by atoms with Crippen molar-refractivity contribution in [2.45, 2.75) is 45.6 Å². The minimum atomic E-state index is 0. The van der Waals surface area contributed by atoms with Crippen LogP contribution in [0.1, 0.15) is 39.5 Å². The number of piperazine rings is 1. The Morgan fingerprint density at radius 1 is 1.07 bits per heavy atom. The molecule has 2 fully saturated rings. The van der Waals surface area contributed by atoms with E-state index in [0.29, 0.717) is 6.10 Å². The van der Waals surface area contributed by atoms with E-state index in [2.05, 4.69) is 39.3 Å². The fourth-order valence-corrected chi connectivity index (χ4v) is 3.49. The topological polar surface area (TPSA) is 61.4 Å². The Kier molecular flexibility index (Phi) is 15.4. The largest absolute Gasteiger partial charge is 0.379 e. The van der Waals surface area contributed by atoms with Crippen molar-refractivity contribution in [1.29, 1.82) is 0 Å². The lowest BCUT2D eigenvalue weighted by Crippen LogP contribution is -2.46. The number of nitrogens with zero attached hydrogens (tertiary/aromatic N) is 3. The number of hydrogen-bond donors (Lipinski definition) is 2. The zero-order chi connectivity index (χ0) is 19.2. The van der Waals surface area contributed by atoms with E-state index in [1.807, 2.05) is 0 Å². The molecular formula is C20H42IN5O2. The molecule has 166 valence electrons. The first-order chi connectivity index (χ1) is 13.3. The lowest BCUT2D eigenvalue weighted by Gasteiger charge is -2.34. The van der Waals surface area contributed by atoms with Gasteiger partial charge in [-0.2, -0.15) is 0 Å². The van der Waals surface area contributed by atoms with E-state index in [1.54, 1.807) is 0 Å². The zero-order valence-corrected chi connectivity index (χ0v) is 20.3. The summed E-state index contributed by atoms with van der Waals surface area (Å²) in [5.41, 5.74) is 0. The number of likely N-dealkylation sites (N-methyl/N-ethyl adjacent to an activating group) is 1. The van der Waals surface area contributed by atoms with Crippen LogP contribution >= 0.6 is 24.0 Å². The van der Waals surface area contributed by atoms with Gasteiger partial charge in [-0.15, -0.1) is 24.0 Å². The summed E-state index contributed by atoms with van der Waals surface area (Å²) in [6, 6.07) is 0. The minimum Gasteiger partial charge on any atom is -0.379 e. The molecule has 2 rings (SSSR count). The molecule has 0 aliphatic carbocycles. The maximum absolute atomic E-state index is 5.79. The molecule has 1 atom stereocenters.